The van der Waals surface area contributed by atoms with E-state index in [1.165, 1.54) is 7.11 Å². The highest BCUT2D eigenvalue weighted by Gasteiger charge is 2.25. The lowest BCUT2D eigenvalue weighted by atomic mass is 10.2. The number of nitrogens with one attached hydrogen (secondary N) is 3. The van der Waals surface area contributed by atoms with Crippen molar-refractivity contribution in [3.8, 4) is 0 Å². The van der Waals surface area contributed by atoms with Crippen LogP contribution >= 0.6 is 11.3 Å². The molecule has 0 spiro atoms. The number of carbonyl (C=O) groups excluding carboxylic acids is 2. The number of nitrogens with zero attached hydrogens (tertiary/aromatic N) is 1. The number of methoxy groups -OCH3 is 1. The number of rotatable bonds is 6. The average molecular weight is 365 g/mol. The molecule has 2 aromatic heterocycles. The number of hydrogen-bond donors (Lipinski definition) is 3. The van der Waals surface area contributed by atoms with E-state index in [0.717, 1.165) is 29.1 Å². The maximum absolute atomic E-state index is 12.4. The molecule has 0 radical (unpaired) electrons. The maximum atomic E-state index is 12.4. The van der Waals surface area contributed by atoms with Gasteiger partial charge in [0.15, 0.2) is 12.4 Å². The highest BCUT2D eigenvalue weighted by molar-refractivity contribution is 7.20. The van der Waals surface area contributed by atoms with Crippen LogP contribution in [0.5, 0.6) is 0 Å². The molecule has 1 aliphatic carbocycles. The van der Waals surface area contributed by atoms with Crippen molar-refractivity contribution in [3.63, 3.8) is 0 Å². The molecule has 0 saturated heterocycles. The second kappa shape index (κ2) is 6.93. The highest BCUT2D eigenvalue weighted by Crippen LogP contribution is 2.27. The number of carbonyl (C=O) groups is 2. The zero-order valence-corrected chi connectivity index (χ0v) is 15.2. The lowest BCUT2D eigenvalue weighted by molar-refractivity contribution is -0.886. The quantitative estimate of drug-likeness (QED) is 0.591. The number of H-pyrrole nitrogens is 1. The summed E-state index contributed by atoms with van der Waals surface area (Å²) in [7, 11) is 3.18. The van der Waals surface area contributed by atoms with E-state index >= 15 is 0 Å². The first-order valence-electron chi connectivity index (χ1n) is 8.10. The van der Waals surface area contributed by atoms with E-state index in [1.54, 1.807) is 6.92 Å². The number of likely N-dealkylation sites (N-methyl/N-ethyl adjacent to an activating group) is 1. The fraction of sp³-hybridized carbons (Fsp3) is 0.500. The molecule has 0 aromatic carbocycles. The van der Waals surface area contributed by atoms with Gasteiger partial charge in [-0.2, -0.15) is 0 Å². The fourth-order valence-corrected chi connectivity index (χ4v) is 3.81. The summed E-state index contributed by atoms with van der Waals surface area (Å²) in [4.78, 5) is 45.0. The SMILES string of the molecule is COC(=O)c1sc2nc(C[NH+](C)CC(=O)NC3CC3)[nH]c(=O)c2c1C. The number of amides is 1. The number of thiophene rings is 1. The summed E-state index contributed by atoms with van der Waals surface area (Å²) in [5.41, 5.74) is 0.302. The third-order valence-electron chi connectivity index (χ3n) is 4.09. The minimum atomic E-state index is -0.471. The second-order valence-electron chi connectivity index (χ2n) is 6.39. The van der Waals surface area contributed by atoms with E-state index in [9.17, 15) is 14.4 Å². The topological polar surface area (TPSA) is 106 Å². The summed E-state index contributed by atoms with van der Waals surface area (Å²) in [5, 5.41) is 3.35. The minimum Gasteiger partial charge on any atom is -0.465 e. The van der Waals surface area contributed by atoms with Gasteiger partial charge >= 0.3 is 5.97 Å². The molecule has 3 rings (SSSR count). The standard InChI is InChI=1S/C16H20N4O4S/c1-8-12-14(22)18-10(19-15(12)25-13(8)16(23)24-3)6-20(2)7-11(21)17-9-4-5-9/h9H,4-7H2,1-3H3,(H,17,21)(H,18,19,22)/p+1. The van der Waals surface area contributed by atoms with Crippen molar-refractivity contribution in [2.45, 2.75) is 32.4 Å². The number of aromatic nitrogens is 2. The molecule has 2 aromatic rings. The molecule has 1 unspecified atom stereocenters. The molecule has 3 N–H and O–H groups in total. The number of quaternary nitrogens is 1. The van der Waals surface area contributed by atoms with Crippen LogP contribution in [0.4, 0.5) is 0 Å². The Bertz CT molecular complexity index is 884. The van der Waals surface area contributed by atoms with Crippen LogP contribution in [0.1, 0.15) is 33.9 Å². The predicted molar refractivity (Wildman–Crippen MR) is 92.9 cm³/mol. The van der Waals surface area contributed by atoms with Crippen molar-refractivity contribution in [3.05, 3.63) is 26.6 Å². The van der Waals surface area contributed by atoms with Gasteiger partial charge < -0.3 is 19.9 Å². The molecule has 1 fully saturated rings. The Labute approximate surface area is 148 Å². The summed E-state index contributed by atoms with van der Waals surface area (Å²) in [6.07, 6.45) is 2.10. The number of ether oxygens (including phenoxy) is 1. The Balaban J connectivity index is 1.79. The largest absolute Gasteiger partial charge is 0.465 e. The van der Waals surface area contributed by atoms with Crippen molar-refractivity contribution in [2.75, 3.05) is 20.7 Å². The average Bonchev–Trinajstić information content (AvgIpc) is 3.28. The van der Waals surface area contributed by atoms with Gasteiger partial charge in [0, 0.05) is 6.04 Å². The number of hydrogen-bond acceptors (Lipinski definition) is 6. The molecular formula is C16H21N4O4S+. The van der Waals surface area contributed by atoms with Gasteiger partial charge in [0.1, 0.15) is 16.3 Å². The molecule has 0 aliphatic heterocycles. The zero-order valence-electron chi connectivity index (χ0n) is 14.4. The van der Waals surface area contributed by atoms with Crippen LogP contribution < -0.4 is 15.8 Å². The van der Waals surface area contributed by atoms with E-state index in [4.69, 9.17) is 4.74 Å². The monoisotopic (exact) mass is 365 g/mol. The molecule has 1 aliphatic rings. The molecule has 2 heterocycles. The van der Waals surface area contributed by atoms with Crippen molar-refractivity contribution in [1.29, 1.82) is 0 Å². The third kappa shape index (κ3) is 3.88. The lowest BCUT2D eigenvalue weighted by Crippen LogP contribution is -3.09. The van der Waals surface area contributed by atoms with E-state index in [-0.39, 0.29) is 11.5 Å². The molecule has 1 amide bonds. The number of esters is 1. The molecule has 134 valence electrons. The predicted octanol–water partition coefficient (Wildman–Crippen LogP) is -0.627. The van der Waals surface area contributed by atoms with Crippen molar-refractivity contribution in [1.82, 2.24) is 15.3 Å². The van der Waals surface area contributed by atoms with Gasteiger partial charge in [0.05, 0.1) is 19.5 Å². The van der Waals surface area contributed by atoms with Crippen molar-refractivity contribution in [2.24, 2.45) is 0 Å². The van der Waals surface area contributed by atoms with Crippen molar-refractivity contribution < 1.29 is 19.2 Å². The minimum absolute atomic E-state index is 0.00312. The van der Waals surface area contributed by atoms with Gasteiger partial charge in [-0.1, -0.05) is 0 Å². The Morgan fingerprint density at radius 2 is 2.16 bits per heavy atom. The smallest absolute Gasteiger partial charge is 0.348 e. The normalized spacial score (nSPS) is 15.2. The summed E-state index contributed by atoms with van der Waals surface area (Å²) in [5.74, 6) is 0.0243. The first kappa shape index (κ1) is 17.6. The highest BCUT2D eigenvalue weighted by atomic mass is 32.1. The molecule has 1 saturated carbocycles. The van der Waals surface area contributed by atoms with Crippen LogP contribution in [0.2, 0.25) is 0 Å². The summed E-state index contributed by atoms with van der Waals surface area (Å²) < 4.78 is 4.74. The van der Waals surface area contributed by atoms with Gasteiger partial charge in [-0.15, -0.1) is 11.3 Å². The van der Waals surface area contributed by atoms with Crippen LogP contribution in [-0.2, 0) is 16.1 Å². The number of aryl methyl sites for hydroxylation is 1. The number of aromatic amines is 1. The van der Waals surface area contributed by atoms with Crippen LogP contribution in [0.15, 0.2) is 4.79 Å². The molecule has 25 heavy (non-hydrogen) atoms. The Kier molecular flexibility index (Phi) is 4.87. The molecule has 1 atom stereocenters. The maximum Gasteiger partial charge on any atom is 0.348 e. The first-order valence-corrected chi connectivity index (χ1v) is 8.92. The summed E-state index contributed by atoms with van der Waals surface area (Å²) in [6, 6.07) is 0.334. The first-order chi connectivity index (χ1) is 11.9. The Morgan fingerprint density at radius 3 is 2.80 bits per heavy atom. The van der Waals surface area contributed by atoms with E-state index < -0.39 is 5.97 Å². The van der Waals surface area contributed by atoms with Gasteiger partial charge in [-0.05, 0) is 25.3 Å². The molecule has 8 nitrogen and oxygen atoms in total. The van der Waals surface area contributed by atoms with Crippen molar-refractivity contribution >= 4 is 33.4 Å². The molecule has 9 heteroatoms. The van der Waals surface area contributed by atoms with Crippen LogP contribution in [-0.4, -0.2) is 48.6 Å². The van der Waals surface area contributed by atoms with E-state index in [1.807, 2.05) is 7.05 Å². The summed E-state index contributed by atoms with van der Waals surface area (Å²) in [6.45, 7) is 2.43. The molecule has 0 bridgehead atoms. The van der Waals surface area contributed by atoms with Gasteiger partial charge in [0.2, 0.25) is 0 Å². The third-order valence-corrected chi connectivity index (χ3v) is 5.26. The number of fused-ring (bicyclic) bond motifs is 1. The molecular weight excluding hydrogens is 344 g/mol. The van der Waals surface area contributed by atoms with Gasteiger partial charge in [-0.25, -0.2) is 9.78 Å². The van der Waals surface area contributed by atoms with Gasteiger partial charge in [0.25, 0.3) is 11.5 Å². The second-order valence-corrected chi connectivity index (χ2v) is 7.39. The zero-order chi connectivity index (χ0) is 18.1. The van der Waals surface area contributed by atoms with Crippen LogP contribution in [0, 0.1) is 6.92 Å². The summed E-state index contributed by atoms with van der Waals surface area (Å²) >= 11 is 1.15. The van der Waals surface area contributed by atoms with E-state index in [0.29, 0.717) is 45.6 Å². The van der Waals surface area contributed by atoms with Crippen LogP contribution in [0.25, 0.3) is 10.2 Å². The Hall–Kier alpha value is -2.26. The van der Waals surface area contributed by atoms with Gasteiger partial charge in [-0.3, -0.25) is 9.59 Å². The lowest BCUT2D eigenvalue weighted by Gasteiger charge is -2.13. The fourth-order valence-electron chi connectivity index (χ4n) is 2.69. The Morgan fingerprint density at radius 1 is 1.44 bits per heavy atom. The van der Waals surface area contributed by atoms with E-state index in [2.05, 4.69) is 15.3 Å². The van der Waals surface area contributed by atoms with Crippen LogP contribution in [0.3, 0.4) is 0 Å².